The first-order valence-corrected chi connectivity index (χ1v) is 10.2. The van der Waals surface area contributed by atoms with Crippen molar-refractivity contribution in [2.45, 2.75) is 19.5 Å². The smallest absolute Gasteiger partial charge is 0.313 e. The molecule has 0 aliphatic rings. The van der Waals surface area contributed by atoms with Crippen molar-refractivity contribution in [1.29, 1.82) is 0 Å². The molecule has 3 aromatic carbocycles. The van der Waals surface area contributed by atoms with E-state index in [1.54, 1.807) is 38.3 Å². The Kier molecular flexibility index (Phi) is 7.59. The number of benzene rings is 3. The lowest BCUT2D eigenvalue weighted by Crippen LogP contribution is -2.37. The van der Waals surface area contributed by atoms with Crippen LogP contribution < -0.4 is 20.7 Å². The highest BCUT2D eigenvalue weighted by Gasteiger charge is 2.20. The lowest BCUT2D eigenvalue weighted by Gasteiger charge is -2.15. The summed E-state index contributed by atoms with van der Waals surface area (Å²) >= 11 is 0. The fourth-order valence-electron chi connectivity index (χ4n) is 3.18. The lowest BCUT2D eigenvalue weighted by molar-refractivity contribution is -0.136. The molecule has 0 bridgehead atoms. The predicted octanol–water partition coefficient (Wildman–Crippen LogP) is 3.44. The Morgan fingerprint density at radius 2 is 1.50 bits per heavy atom. The largest absolute Gasteiger partial charge is 0.496 e. The molecule has 7 heteroatoms. The van der Waals surface area contributed by atoms with Gasteiger partial charge in [0.1, 0.15) is 5.75 Å². The van der Waals surface area contributed by atoms with Gasteiger partial charge in [0.2, 0.25) is 0 Å². The molecule has 0 saturated carbocycles. The Balaban J connectivity index is 1.64. The van der Waals surface area contributed by atoms with Crippen molar-refractivity contribution in [2.75, 3.05) is 12.4 Å². The monoisotopic (exact) mass is 431 g/mol. The number of hydrogen-bond donors (Lipinski definition) is 3. The molecule has 0 aromatic heterocycles. The maximum Gasteiger partial charge on any atom is 0.313 e. The molecule has 0 aliphatic heterocycles. The van der Waals surface area contributed by atoms with Crippen LogP contribution in [0.15, 0.2) is 78.9 Å². The van der Waals surface area contributed by atoms with Gasteiger partial charge in [-0.2, -0.15) is 0 Å². The van der Waals surface area contributed by atoms with E-state index in [1.807, 2.05) is 54.6 Å². The number of carbonyl (C=O) groups is 3. The SMILES string of the molecule is COc1ccccc1CNC(=O)c1ccccc1NC(=O)C(=O)N[C@H](C)c1ccccc1. The van der Waals surface area contributed by atoms with E-state index in [0.717, 1.165) is 11.1 Å². The summed E-state index contributed by atoms with van der Waals surface area (Å²) in [5, 5.41) is 8.01. The van der Waals surface area contributed by atoms with Crippen molar-refractivity contribution >= 4 is 23.4 Å². The van der Waals surface area contributed by atoms with E-state index in [2.05, 4.69) is 16.0 Å². The summed E-state index contributed by atoms with van der Waals surface area (Å²) in [5.41, 5.74) is 2.20. The highest BCUT2D eigenvalue weighted by Crippen LogP contribution is 2.19. The number of amides is 3. The molecule has 0 saturated heterocycles. The Morgan fingerprint density at radius 1 is 0.844 bits per heavy atom. The first-order valence-electron chi connectivity index (χ1n) is 10.2. The minimum atomic E-state index is -0.849. The average Bonchev–Trinajstić information content (AvgIpc) is 2.83. The molecule has 164 valence electrons. The van der Waals surface area contributed by atoms with Crippen LogP contribution in [-0.2, 0) is 16.1 Å². The lowest BCUT2D eigenvalue weighted by atomic mass is 10.1. The van der Waals surface area contributed by atoms with Crippen molar-refractivity contribution in [3.63, 3.8) is 0 Å². The van der Waals surface area contributed by atoms with Gasteiger partial charge in [-0.3, -0.25) is 14.4 Å². The van der Waals surface area contributed by atoms with Crippen molar-refractivity contribution in [3.05, 3.63) is 95.6 Å². The Labute approximate surface area is 186 Å². The van der Waals surface area contributed by atoms with E-state index < -0.39 is 11.8 Å². The van der Waals surface area contributed by atoms with Crippen LogP contribution in [0.3, 0.4) is 0 Å². The number of carbonyl (C=O) groups excluding carboxylic acids is 3. The Morgan fingerprint density at radius 3 is 2.25 bits per heavy atom. The highest BCUT2D eigenvalue weighted by molar-refractivity contribution is 6.40. The number of anilines is 1. The van der Waals surface area contributed by atoms with Gasteiger partial charge in [-0.15, -0.1) is 0 Å². The fourth-order valence-corrected chi connectivity index (χ4v) is 3.18. The summed E-state index contributed by atoms with van der Waals surface area (Å²) in [6.45, 7) is 2.04. The van der Waals surface area contributed by atoms with Gasteiger partial charge in [-0.1, -0.05) is 60.7 Å². The van der Waals surface area contributed by atoms with Gasteiger partial charge in [0.05, 0.1) is 24.4 Å². The quantitative estimate of drug-likeness (QED) is 0.499. The third-order valence-corrected chi connectivity index (χ3v) is 4.91. The molecule has 3 rings (SSSR count). The van der Waals surface area contributed by atoms with Gasteiger partial charge in [0.15, 0.2) is 0 Å². The zero-order chi connectivity index (χ0) is 22.9. The molecule has 3 N–H and O–H groups in total. The molecule has 0 radical (unpaired) electrons. The summed E-state index contributed by atoms with van der Waals surface area (Å²) in [7, 11) is 1.56. The van der Waals surface area contributed by atoms with E-state index in [9.17, 15) is 14.4 Å². The second kappa shape index (κ2) is 10.8. The molecule has 3 amide bonds. The van der Waals surface area contributed by atoms with Crippen molar-refractivity contribution in [1.82, 2.24) is 10.6 Å². The van der Waals surface area contributed by atoms with Gasteiger partial charge < -0.3 is 20.7 Å². The minimum Gasteiger partial charge on any atom is -0.496 e. The maximum absolute atomic E-state index is 12.7. The summed E-state index contributed by atoms with van der Waals surface area (Å²) < 4.78 is 5.30. The fraction of sp³-hybridized carbons (Fsp3) is 0.160. The zero-order valence-electron chi connectivity index (χ0n) is 17.9. The van der Waals surface area contributed by atoms with Crippen LogP contribution in [0.4, 0.5) is 5.69 Å². The molecule has 3 aromatic rings. The van der Waals surface area contributed by atoms with Gasteiger partial charge >= 0.3 is 11.8 Å². The topological polar surface area (TPSA) is 96.5 Å². The molecule has 0 heterocycles. The van der Waals surface area contributed by atoms with Gasteiger partial charge in [-0.25, -0.2) is 0 Å². The standard InChI is InChI=1S/C25H25N3O4/c1-17(18-10-4-3-5-11-18)27-24(30)25(31)28-21-14-8-7-13-20(21)23(29)26-16-19-12-6-9-15-22(19)32-2/h3-15,17H,16H2,1-2H3,(H,26,29)(H,27,30)(H,28,31)/t17-/m1/s1. The number of rotatable bonds is 7. The number of methoxy groups -OCH3 is 1. The van der Waals surface area contributed by atoms with Crippen LogP contribution in [0.5, 0.6) is 5.75 Å². The summed E-state index contributed by atoms with van der Waals surface area (Å²) in [4.78, 5) is 37.6. The summed E-state index contributed by atoms with van der Waals surface area (Å²) in [6, 6.07) is 22.9. The number of hydrogen-bond acceptors (Lipinski definition) is 4. The van der Waals surface area contributed by atoms with Crippen LogP contribution >= 0.6 is 0 Å². The molecular formula is C25H25N3O4. The van der Waals surface area contributed by atoms with Gasteiger partial charge in [-0.05, 0) is 30.7 Å². The Hall–Kier alpha value is -4.13. The molecule has 32 heavy (non-hydrogen) atoms. The Bertz CT molecular complexity index is 1100. The second-order valence-electron chi connectivity index (χ2n) is 7.10. The van der Waals surface area contributed by atoms with Crippen LogP contribution in [-0.4, -0.2) is 24.8 Å². The number of nitrogens with one attached hydrogen (secondary N) is 3. The highest BCUT2D eigenvalue weighted by atomic mass is 16.5. The predicted molar refractivity (Wildman–Crippen MR) is 122 cm³/mol. The molecule has 0 fully saturated rings. The third kappa shape index (κ3) is 5.72. The zero-order valence-corrected chi connectivity index (χ0v) is 17.9. The first-order chi connectivity index (χ1) is 15.5. The van der Waals surface area contributed by atoms with Crippen molar-refractivity contribution < 1.29 is 19.1 Å². The van der Waals surface area contributed by atoms with Gasteiger partial charge in [0, 0.05) is 12.1 Å². The molecule has 0 unspecified atom stereocenters. The van der Waals surface area contributed by atoms with Crippen LogP contribution in [0.2, 0.25) is 0 Å². The van der Waals surface area contributed by atoms with Crippen LogP contribution in [0.1, 0.15) is 34.5 Å². The van der Waals surface area contributed by atoms with Crippen LogP contribution in [0, 0.1) is 0 Å². The van der Waals surface area contributed by atoms with E-state index in [0.29, 0.717) is 5.75 Å². The van der Waals surface area contributed by atoms with E-state index >= 15 is 0 Å². The summed E-state index contributed by atoms with van der Waals surface area (Å²) in [5.74, 6) is -1.35. The molecule has 1 atom stereocenters. The molecule has 0 aliphatic carbocycles. The maximum atomic E-state index is 12.7. The van der Waals surface area contributed by atoms with Crippen LogP contribution in [0.25, 0.3) is 0 Å². The van der Waals surface area contributed by atoms with Crippen molar-refractivity contribution in [2.24, 2.45) is 0 Å². The number of ether oxygens (including phenoxy) is 1. The molecule has 7 nitrogen and oxygen atoms in total. The summed E-state index contributed by atoms with van der Waals surface area (Å²) in [6.07, 6.45) is 0. The third-order valence-electron chi connectivity index (χ3n) is 4.91. The number of para-hydroxylation sites is 2. The minimum absolute atomic E-state index is 0.248. The second-order valence-corrected chi connectivity index (χ2v) is 7.10. The van der Waals surface area contributed by atoms with Gasteiger partial charge in [0.25, 0.3) is 5.91 Å². The van der Waals surface area contributed by atoms with E-state index in [-0.39, 0.29) is 29.7 Å². The average molecular weight is 431 g/mol. The van der Waals surface area contributed by atoms with Crippen molar-refractivity contribution in [3.8, 4) is 5.75 Å². The molecule has 0 spiro atoms. The molecular weight excluding hydrogens is 406 g/mol. The van der Waals surface area contributed by atoms with E-state index in [4.69, 9.17) is 4.74 Å². The normalized spacial score (nSPS) is 11.2. The van der Waals surface area contributed by atoms with E-state index in [1.165, 1.54) is 0 Å². The first kappa shape index (κ1) is 22.6.